The second-order valence-electron chi connectivity index (χ2n) is 4.18. The molecule has 0 amide bonds. The molecule has 1 saturated carbocycles. The molecule has 3 N–H and O–H groups in total. The molecule has 2 rings (SSSR count). The highest BCUT2D eigenvalue weighted by Crippen LogP contribution is 2.21. The van der Waals surface area contributed by atoms with Gasteiger partial charge in [0, 0.05) is 12.3 Å². The van der Waals surface area contributed by atoms with Crippen LogP contribution in [0.5, 0.6) is 0 Å². The van der Waals surface area contributed by atoms with Crippen LogP contribution >= 0.6 is 0 Å². The summed E-state index contributed by atoms with van der Waals surface area (Å²) < 4.78 is 0. The van der Waals surface area contributed by atoms with Crippen LogP contribution in [0.2, 0.25) is 0 Å². The maximum atomic E-state index is 11.6. The van der Waals surface area contributed by atoms with Gasteiger partial charge in [-0.05, 0) is 19.8 Å². The third-order valence-electron chi connectivity index (χ3n) is 2.91. The molecule has 16 heavy (non-hydrogen) atoms. The maximum absolute atomic E-state index is 11.6. The van der Waals surface area contributed by atoms with Gasteiger partial charge in [-0.3, -0.25) is 4.79 Å². The summed E-state index contributed by atoms with van der Waals surface area (Å²) in [5.41, 5.74) is 0.0699. The lowest BCUT2D eigenvalue weighted by Crippen LogP contribution is -2.23. The third-order valence-corrected chi connectivity index (χ3v) is 2.91. The first kappa shape index (κ1) is 10.9. The minimum absolute atomic E-state index is 0.247. The molecule has 1 aliphatic carbocycles. The van der Waals surface area contributed by atoms with Crippen LogP contribution in [0.15, 0.2) is 4.79 Å². The molecule has 1 heterocycles. The fourth-order valence-corrected chi connectivity index (χ4v) is 2.10. The number of aromatic amines is 1. The molecule has 5 nitrogen and oxygen atoms in total. The number of nitrogens with one attached hydrogen (secondary N) is 3. The Morgan fingerprint density at radius 2 is 2.19 bits per heavy atom. The minimum atomic E-state index is -0.247. The second kappa shape index (κ2) is 4.47. The predicted octanol–water partition coefficient (Wildman–Crippen LogP) is 1.43. The number of aromatic nitrogens is 2. The summed E-state index contributed by atoms with van der Waals surface area (Å²) in [6.45, 7) is 1.74. The molecular weight excluding hydrogens is 204 g/mol. The Morgan fingerprint density at radius 3 is 2.81 bits per heavy atom. The van der Waals surface area contributed by atoms with Crippen molar-refractivity contribution in [1.29, 1.82) is 5.41 Å². The van der Waals surface area contributed by atoms with Gasteiger partial charge in [0.2, 0.25) is 0 Å². The van der Waals surface area contributed by atoms with Gasteiger partial charge in [-0.2, -0.15) is 0 Å². The highest BCUT2D eigenvalue weighted by molar-refractivity contribution is 5.83. The zero-order chi connectivity index (χ0) is 11.5. The number of nitrogens with zero attached hydrogens (tertiary/aromatic N) is 1. The summed E-state index contributed by atoms with van der Waals surface area (Å²) >= 11 is 0. The van der Waals surface area contributed by atoms with Crippen molar-refractivity contribution in [2.24, 2.45) is 0 Å². The fraction of sp³-hybridized carbons (Fsp3) is 0.545. The summed E-state index contributed by atoms with van der Waals surface area (Å²) in [5.74, 6) is 1.12. The first-order chi connectivity index (χ1) is 7.70. The first-order valence-corrected chi connectivity index (χ1v) is 5.58. The van der Waals surface area contributed by atoms with Gasteiger partial charge in [-0.1, -0.05) is 12.8 Å². The van der Waals surface area contributed by atoms with Crippen LogP contribution in [0.4, 0.5) is 5.82 Å². The van der Waals surface area contributed by atoms with Crippen molar-refractivity contribution in [2.75, 3.05) is 5.32 Å². The van der Waals surface area contributed by atoms with Gasteiger partial charge in [0.15, 0.2) is 0 Å². The molecule has 0 saturated heterocycles. The van der Waals surface area contributed by atoms with E-state index in [9.17, 15) is 4.79 Å². The predicted molar refractivity (Wildman–Crippen MR) is 63.4 cm³/mol. The quantitative estimate of drug-likeness (QED) is 0.674. The standard InChI is InChI=1S/C11H16N4O/c1-7-13-10(9(6-12)11(16)14-7)15-8-4-2-3-5-8/h6,8,12H,2-5H2,1H3,(H2,13,14,15,16). The Hall–Kier alpha value is -1.65. The van der Waals surface area contributed by atoms with Gasteiger partial charge in [0.25, 0.3) is 5.56 Å². The third kappa shape index (κ3) is 2.13. The fourth-order valence-electron chi connectivity index (χ4n) is 2.10. The summed E-state index contributed by atoms with van der Waals surface area (Å²) in [6.07, 6.45) is 5.73. The molecular formula is C11H16N4O. The lowest BCUT2D eigenvalue weighted by molar-refractivity contribution is 0.747. The van der Waals surface area contributed by atoms with Crippen LogP contribution in [0.25, 0.3) is 0 Å². The van der Waals surface area contributed by atoms with E-state index in [0.717, 1.165) is 19.1 Å². The van der Waals surface area contributed by atoms with Gasteiger partial charge in [0.1, 0.15) is 11.6 Å². The average Bonchev–Trinajstić information content (AvgIpc) is 2.70. The SMILES string of the molecule is Cc1nc(NC2CCCC2)c(C=N)c(=O)[nH]1. The molecule has 1 aromatic heterocycles. The van der Waals surface area contributed by atoms with Crippen molar-refractivity contribution in [3.05, 3.63) is 21.7 Å². The van der Waals surface area contributed by atoms with E-state index >= 15 is 0 Å². The molecule has 1 aliphatic rings. The zero-order valence-electron chi connectivity index (χ0n) is 9.34. The summed E-state index contributed by atoms with van der Waals surface area (Å²) in [4.78, 5) is 18.4. The molecule has 0 aromatic carbocycles. The molecule has 0 unspecified atom stereocenters. The highest BCUT2D eigenvalue weighted by Gasteiger charge is 2.17. The molecule has 1 fully saturated rings. The first-order valence-electron chi connectivity index (χ1n) is 5.58. The normalized spacial score (nSPS) is 16.3. The Morgan fingerprint density at radius 1 is 1.50 bits per heavy atom. The van der Waals surface area contributed by atoms with E-state index < -0.39 is 0 Å². The molecule has 0 radical (unpaired) electrons. The van der Waals surface area contributed by atoms with E-state index in [0.29, 0.717) is 23.2 Å². The number of hydrogen-bond donors (Lipinski definition) is 3. The molecule has 0 aliphatic heterocycles. The Bertz CT molecular complexity index is 446. The lowest BCUT2D eigenvalue weighted by atomic mass is 10.2. The molecule has 1 aromatic rings. The maximum Gasteiger partial charge on any atom is 0.261 e. The van der Waals surface area contributed by atoms with Gasteiger partial charge in [0.05, 0.1) is 5.56 Å². The van der Waals surface area contributed by atoms with Crippen LogP contribution in [-0.4, -0.2) is 22.2 Å². The molecule has 0 spiro atoms. The minimum Gasteiger partial charge on any atom is -0.367 e. The van der Waals surface area contributed by atoms with E-state index in [4.69, 9.17) is 5.41 Å². The molecule has 0 atom stereocenters. The van der Waals surface area contributed by atoms with E-state index in [1.54, 1.807) is 6.92 Å². The number of H-pyrrole nitrogens is 1. The summed E-state index contributed by atoms with van der Waals surface area (Å²) in [6, 6.07) is 0.396. The van der Waals surface area contributed by atoms with Crippen molar-refractivity contribution >= 4 is 12.0 Å². The number of aryl methyl sites for hydroxylation is 1. The monoisotopic (exact) mass is 220 g/mol. The highest BCUT2D eigenvalue weighted by atomic mass is 16.1. The Balaban J connectivity index is 2.30. The summed E-state index contributed by atoms with van der Waals surface area (Å²) in [7, 11) is 0. The number of rotatable bonds is 3. The van der Waals surface area contributed by atoms with Crippen molar-refractivity contribution in [1.82, 2.24) is 9.97 Å². The van der Waals surface area contributed by atoms with Gasteiger partial charge >= 0.3 is 0 Å². The van der Waals surface area contributed by atoms with Crippen LogP contribution in [-0.2, 0) is 0 Å². The number of hydrogen-bond acceptors (Lipinski definition) is 4. The van der Waals surface area contributed by atoms with Crippen molar-refractivity contribution in [3.63, 3.8) is 0 Å². The second-order valence-corrected chi connectivity index (χ2v) is 4.18. The lowest BCUT2D eigenvalue weighted by Gasteiger charge is -2.14. The molecule has 86 valence electrons. The zero-order valence-corrected chi connectivity index (χ0v) is 9.34. The van der Waals surface area contributed by atoms with Crippen molar-refractivity contribution in [3.8, 4) is 0 Å². The average molecular weight is 220 g/mol. The van der Waals surface area contributed by atoms with Gasteiger partial charge in [-0.15, -0.1) is 0 Å². The Kier molecular flexibility index (Phi) is 3.03. The Labute approximate surface area is 93.8 Å². The van der Waals surface area contributed by atoms with E-state index in [1.807, 2.05) is 0 Å². The van der Waals surface area contributed by atoms with Crippen LogP contribution < -0.4 is 10.9 Å². The van der Waals surface area contributed by atoms with Crippen molar-refractivity contribution < 1.29 is 0 Å². The van der Waals surface area contributed by atoms with Crippen LogP contribution in [0.1, 0.15) is 37.1 Å². The smallest absolute Gasteiger partial charge is 0.261 e. The number of anilines is 1. The molecule has 0 bridgehead atoms. The largest absolute Gasteiger partial charge is 0.367 e. The van der Waals surface area contributed by atoms with E-state index in [2.05, 4.69) is 15.3 Å². The van der Waals surface area contributed by atoms with Crippen LogP contribution in [0, 0.1) is 12.3 Å². The van der Waals surface area contributed by atoms with Crippen LogP contribution in [0.3, 0.4) is 0 Å². The van der Waals surface area contributed by atoms with Crippen molar-refractivity contribution in [2.45, 2.75) is 38.6 Å². The van der Waals surface area contributed by atoms with Gasteiger partial charge < -0.3 is 15.7 Å². The van der Waals surface area contributed by atoms with E-state index in [-0.39, 0.29) is 5.56 Å². The van der Waals surface area contributed by atoms with Gasteiger partial charge in [-0.25, -0.2) is 4.98 Å². The topological polar surface area (TPSA) is 81.6 Å². The van der Waals surface area contributed by atoms with E-state index in [1.165, 1.54) is 12.8 Å². The molecule has 5 heteroatoms. The summed E-state index contributed by atoms with van der Waals surface area (Å²) in [5, 5.41) is 10.5.